The molecule has 1 N–H and O–H groups in total. The lowest BCUT2D eigenvalue weighted by Crippen LogP contribution is -2.32. The quantitative estimate of drug-likeness (QED) is 0.763. The molecule has 6 heteroatoms. The highest BCUT2D eigenvalue weighted by Gasteiger charge is 2.14. The molecule has 1 aliphatic rings. The van der Waals surface area contributed by atoms with Crippen LogP contribution in [0.1, 0.15) is 5.56 Å². The van der Waals surface area contributed by atoms with Crippen LogP contribution in [0.2, 0.25) is 5.02 Å². The second-order valence-electron chi connectivity index (χ2n) is 3.47. The van der Waals surface area contributed by atoms with Gasteiger partial charge in [-0.25, -0.2) is 4.99 Å². The van der Waals surface area contributed by atoms with E-state index in [-0.39, 0.29) is 11.7 Å². The Morgan fingerprint density at radius 2 is 2.18 bits per heavy atom. The lowest BCUT2D eigenvalue weighted by Gasteiger charge is -2.08. The number of benzene rings is 1. The first kappa shape index (κ1) is 11.5. The van der Waals surface area contributed by atoms with Gasteiger partial charge in [0.15, 0.2) is 0 Å². The van der Waals surface area contributed by atoms with Gasteiger partial charge < -0.3 is 0 Å². The molecule has 1 amide bonds. The van der Waals surface area contributed by atoms with Gasteiger partial charge in [-0.1, -0.05) is 18.2 Å². The van der Waals surface area contributed by atoms with Crippen LogP contribution in [0.15, 0.2) is 45.7 Å². The predicted octanol–water partition coefficient (Wildman–Crippen LogP) is 2.73. The van der Waals surface area contributed by atoms with Gasteiger partial charge in [0.25, 0.3) is 5.91 Å². The highest BCUT2D eigenvalue weighted by Crippen LogP contribution is 2.22. The number of guanidine groups is 1. The van der Waals surface area contributed by atoms with E-state index in [0.717, 1.165) is 5.56 Å². The van der Waals surface area contributed by atoms with Crippen molar-refractivity contribution in [1.82, 2.24) is 5.32 Å². The minimum absolute atomic E-state index is 0.0665. The summed E-state index contributed by atoms with van der Waals surface area (Å²) < 4.78 is 0. The van der Waals surface area contributed by atoms with Crippen LogP contribution >= 0.6 is 11.6 Å². The van der Waals surface area contributed by atoms with Crippen molar-refractivity contribution < 1.29 is 4.79 Å². The molecule has 5 nitrogen and oxygen atoms in total. The number of hydrogen-bond acceptors (Lipinski definition) is 3. The molecule has 0 bridgehead atoms. The largest absolute Gasteiger partial charge is 0.288 e. The maximum atomic E-state index is 11.3. The maximum Gasteiger partial charge on any atom is 0.277 e. The third-order valence-corrected chi connectivity index (χ3v) is 2.37. The van der Waals surface area contributed by atoms with Crippen LogP contribution in [-0.2, 0) is 4.79 Å². The fourth-order valence-electron chi connectivity index (χ4n) is 1.26. The van der Waals surface area contributed by atoms with E-state index in [1.165, 1.54) is 0 Å². The Morgan fingerprint density at radius 1 is 1.41 bits per heavy atom. The smallest absolute Gasteiger partial charge is 0.277 e. The van der Waals surface area contributed by atoms with Gasteiger partial charge in [-0.05, 0) is 30.7 Å². The lowest BCUT2D eigenvalue weighted by atomic mass is 10.2. The Hall–Kier alpha value is -2.01. The van der Waals surface area contributed by atoms with Gasteiger partial charge in [-0.2, -0.15) is 0 Å². The molecule has 0 fully saturated rings. The van der Waals surface area contributed by atoms with Crippen LogP contribution in [-0.4, -0.2) is 11.9 Å². The molecule has 1 heterocycles. The number of nitrogens with zero attached hydrogens (tertiary/aromatic N) is 3. The summed E-state index contributed by atoms with van der Waals surface area (Å²) in [6.07, 6.45) is 0. The summed E-state index contributed by atoms with van der Waals surface area (Å²) in [7, 11) is 0. The molecule has 0 unspecified atom stereocenters. The van der Waals surface area contributed by atoms with Gasteiger partial charge in [0.2, 0.25) is 5.96 Å². The van der Waals surface area contributed by atoms with Crippen LogP contribution in [0.3, 0.4) is 0 Å². The summed E-state index contributed by atoms with van der Waals surface area (Å²) in [5.74, 6) is -0.252. The Balaban J connectivity index is 2.34. The summed E-state index contributed by atoms with van der Waals surface area (Å²) in [5.41, 5.74) is 1.63. The van der Waals surface area contributed by atoms with E-state index < -0.39 is 5.91 Å². The number of carbonyl (C=O) groups excluding carboxylic acids is 1. The number of halogens is 1. The third kappa shape index (κ3) is 2.57. The van der Waals surface area contributed by atoms with Crippen LogP contribution in [0.4, 0.5) is 5.69 Å². The van der Waals surface area contributed by atoms with Gasteiger partial charge in [0.1, 0.15) is 5.70 Å². The zero-order chi connectivity index (χ0) is 12.4. The van der Waals surface area contributed by atoms with Crippen molar-refractivity contribution in [2.75, 3.05) is 0 Å². The van der Waals surface area contributed by atoms with E-state index in [2.05, 4.69) is 27.1 Å². The average Bonchev–Trinajstić information content (AvgIpc) is 2.27. The topological polar surface area (TPSA) is 66.2 Å². The van der Waals surface area contributed by atoms with E-state index in [1.54, 1.807) is 18.2 Å². The van der Waals surface area contributed by atoms with Crippen LogP contribution in [0.25, 0.3) is 0 Å². The molecule has 0 saturated heterocycles. The van der Waals surface area contributed by atoms with E-state index in [9.17, 15) is 4.79 Å². The van der Waals surface area contributed by atoms with Crippen molar-refractivity contribution in [2.24, 2.45) is 15.2 Å². The minimum atomic E-state index is -0.398. The molecular weight excluding hydrogens is 240 g/mol. The standard InChI is InChI=1S/C11H9ClN4O/c1-6-5-8(12)3-4-9(6)13-11-14-10(17)7(2)15-16-11/h3-5H,2H2,1H3,(H,13,14,17). The van der Waals surface area contributed by atoms with Crippen molar-refractivity contribution in [3.8, 4) is 0 Å². The zero-order valence-corrected chi connectivity index (χ0v) is 9.82. The molecular formula is C11H9ClN4O. The third-order valence-electron chi connectivity index (χ3n) is 2.14. The summed E-state index contributed by atoms with van der Waals surface area (Å²) in [5, 5.41) is 10.4. The van der Waals surface area contributed by atoms with Crippen molar-refractivity contribution >= 4 is 29.2 Å². The molecule has 0 saturated carbocycles. The zero-order valence-electron chi connectivity index (χ0n) is 9.07. The fourth-order valence-corrected chi connectivity index (χ4v) is 1.49. The fraction of sp³-hybridized carbons (Fsp3) is 0.0909. The monoisotopic (exact) mass is 248 g/mol. The molecule has 1 aromatic carbocycles. The number of amides is 1. The molecule has 1 aromatic rings. The van der Waals surface area contributed by atoms with E-state index in [1.807, 2.05) is 6.92 Å². The van der Waals surface area contributed by atoms with E-state index in [0.29, 0.717) is 10.7 Å². The molecule has 0 aliphatic carbocycles. The van der Waals surface area contributed by atoms with E-state index >= 15 is 0 Å². The molecule has 86 valence electrons. The average molecular weight is 249 g/mol. The number of azo groups is 1. The first-order valence-corrected chi connectivity index (χ1v) is 5.21. The number of hydrogen-bond donors (Lipinski definition) is 1. The van der Waals surface area contributed by atoms with Gasteiger partial charge >= 0.3 is 0 Å². The van der Waals surface area contributed by atoms with Gasteiger partial charge in [-0.15, -0.1) is 10.2 Å². The van der Waals surface area contributed by atoms with Crippen LogP contribution in [0, 0.1) is 6.92 Å². The Kier molecular flexibility index (Phi) is 3.01. The molecule has 0 atom stereocenters. The second-order valence-corrected chi connectivity index (χ2v) is 3.90. The predicted molar refractivity (Wildman–Crippen MR) is 65.4 cm³/mol. The number of aliphatic imine (C=N–C) groups is 1. The first-order chi connectivity index (χ1) is 8.06. The van der Waals surface area contributed by atoms with Gasteiger partial charge in [-0.3, -0.25) is 10.1 Å². The van der Waals surface area contributed by atoms with Gasteiger partial charge in [0, 0.05) is 5.02 Å². The molecule has 1 aliphatic heterocycles. The van der Waals surface area contributed by atoms with Crippen molar-refractivity contribution in [3.05, 3.63) is 41.1 Å². The van der Waals surface area contributed by atoms with E-state index in [4.69, 9.17) is 11.6 Å². The van der Waals surface area contributed by atoms with Crippen LogP contribution < -0.4 is 5.32 Å². The summed E-state index contributed by atoms with van der Waals surface area (Å²) >= 11 is 5.83. The Morgan fingerprint density at radius 3 is 2.82 bits per heavy atom. The lowest BCUT2D eigenvalue weighted by molar-refractivity contribution is -0.116. The Bertz CT molecular complexity index is 563. The van der Waals surface area contributed by atoms with Crippen LogP contribution in [0.5, 0.6) is 0 Å². The molecule has 0 spiro atoms. The van der Waals surface area contributed by atoms with Crippen molar-refractivity contribution in [2.45, 2.75) is 6.92 Å². The maximum absolute atomic E-state index is 11.3. The first-order valence-electron chi connectivity index (χ1n) is 4.83. The molecule has 0 aromatic heterocycles. The second kappa shape index (κ2) is 4.47. The summed E-state index contributed by atoms with van der Waals surface area (Å²) in [6, 6.07) is 5.24. The van der Waals surface area contributed by atoms with Crippen molar-refractivity contribution in [1.29, 1.82) is 0 Å². The summed E-state index contributed by atoms with van der Waals surface area (Å²) in [4.78, 5) is 15.4. The molecule has 17 heavy (non-hydrogen) atoms. The normalized spacial score (nSPS) is 17.4. The minimum Gasteiger partial charge on any atom is -0.288 e. The number of carbonyl (C=O) groups is 1. The highest BCUT2D eigenvalue weighted by atomic mass is 35.5. The summed E-state index contributed by atoms with van der Waals surface area (Å²) in [6.45, 7) is 5.29. The van der Waals surface area contributed by atoms with Gasteiger partial charge in [0.05, 0.1) is 5.69 Å². The molecule has 2 rings (SSSR count). The highest BCUT2D eigenvalue weighted by molar-refractivity contribution is 6.30. The Labute approximate surface area is 103 Å². The molecule has 0 radical (unpaired) electrons. The number of rotatable bonds is 1. The van der Waals surface area contributed by atoms with Crippen molar-refractivity contribution in [3.63, 3.8) is 0 Å². The number of nitrogens with one attached hydrogen (secondary N) is 1. The number of aryl methyl sites for hydroxylation is 1. The SMILES string of the molecule is C=C1N=NC(=Nc2ccc(Cl)cc2C)NC1=O.